The Morgan fingerprint density at radius 3 is 2.80 bits per heavy atom. The number of piperazine rings is 1. The van der Waals surface area contributed by atoms with Gasteiger partial charge in [0, 0.05) is 37.8 Å². The topological polar surface area (TPSA) is 56.4 Å². The molecule has 1 aromatic rings. The lowest BCUT2D eigenvalue weighted by Gasteiger charge is -2.39. The fourth-order valence-corrected chi connectivity index (χ4v) is 2.86. The molecule has 2 rings (SSSR count). The van der Waals surface area contributed by atoms with Crippen molar-refractivity contribution in [1.82, 2.24) is 9.80 Å². The number of hydrogen-bond donors (Lipinski definition) is 2. The van der Waals surface area contributed by atoms with E-state index in [4.69, 9.17) is 11.1 Å². The number of nitrogens with two attached hydrogens (primary N) is 1. The van der Waals surface area contributed by atoms with Crippen molar-refractivity contribution in [3.8, 4) is 0 Å². The Bertz CT molecular complexity index is 489. The van der Waals surface area contributed by atoms with Crippen LogP contribution in [0.4, 0.5) is 4.39 Å². The Labute approximate surface area is 119 Å². The van der Waals surface area contributed by atoms with E-state index in [1.165, 1.54) is 12.1 Å². The van der Waals surface area contributed by atoms with Gasteiger partial charge >= 0.3 is 0 Å². The second kappa shape index (κ2) is 6.33. The molecule has 20 heavy (non-hydrogen) atoms. The van der Waals surface area contributed by atoms with E-state index in [0.717, 1.165) is 38.3 Å². The fraction of sp³-hybridized carbons (Fsp3) is 0.533. The highest BCUT2D eigenvalue weighted by molar-refractivity contribution is 5.96. The van der Waals surface area contributed by atoms with Crippen LogP contribution in [0.25, 0.3) is 0 Å². The first kappa shape index (κ1) is 14.9. The summed E-state index contributed by atoms with van der Waals surface area (Å²) < 4.78 is 13.3. The number of nitrogens with one attached hydrogen (secondary N) is 1. The van der Waals surface area contributed by atoms with Gasteiger partial charge in [-0.3, -0.25) is 15.2 Å². The Morgan fingerprint density at radius 1 is 1.45 bits per heavy atom. The van der Waals surface area contributed by atoms with E-state index >= 15 is 0 Å². The Morgan fingerprint density at radius 2 is 2.20 bits per heavy atom. The number of likely N-dealkylation sites (N-methyl/N-ethyl adjacent to an activating group) is 1. The van der Waals surface area contributed by atoms with E-state index in [0.29, 0.717) is 11.6 Å². The number of halogens is 1. The molecule has 1 saturated heterocycles. The molecular weight excluding hydrogens is 255 g/mol. The molecule has 1 aromatic carbocycles. The van der Waals surface area contributed by atoms with Crippen molar-refractivity contribution in [2.24, 2.45) is 5.73 Å². The number of amidine groups is 1. The van der Waals surface area contributed by atoms with Crippen LogP contribution in [0.3, 0.4) is 0 Å². The summed E-state index contributed by atoms with van der Waals surface area (Å²) in [4.78, 5) is 4.80. The number of nitrogen functional groups attached to an aromatic ring is 1. The third-order valence-corrected chi connectivity index (χ3v) is 4.01. The summed E-state index contributed by atoms with van der Waals surface area (Å²) in [6, 6.07) is 5.05. The van der Waals surface area contributed by atoms with Crippen molar-refractivity contribution < 1.29 is 4.39 Å². The van der Waals surface area contributed by atoms with E-state index in [1.54, 1.807) is 6.07 Å². The van der Waals surface area contributed by atoms with Crippen LogP contribution in [-0.2, 0) is 6.54 Å². The van der Waals surface area contributed by atoms with Gasteiger partial charge in [0.2, 0.25) is 0 Å². The van der Waals surface area contributed by atoms with Crippen molar-refractivity contribution in [3.05, 3.63) is 35.1 Å². The lowest BCUT2D eigenvalue weighted by atomic mass is 10.0. The summed E-state index contributed by atoms with van der Waals surface area (Å²) in [5.74, 6) is -0.414. The van der Waals surface area contributed by atoms with Crippen LogP contribution in [0, 0.1) is 11.2 Å². The average molecular weight is 278 g/mol. The molecule has 0 aromatic heterocycles. The number of rotatable bonds is 4. The van der Waals surface area contributed by atoms with Crippen LogP contribution < -0.4 is 5.73 Å². The van der Waals surface area contributed by atoms with Gasteiger partial charge < -0.3 is 5.73 Å². The van der Waals surface area contributed by atoms with E-state index in [9.17, 15) is 4.39 Å². The number of benzene rings is 1. The van der Waals surface area contributed by atoms with Gasteiger partial charge in [-0.1, -0.05) is 13.0 Å². The Hall–Kier alpha value is -1.46. The first-order chi connectivity index (χ1) is 9.51. The predicted molar refractivity (Wildman–Crippen MR) is 79.4 cm³/mol. The second-order valence-electron chi connectivity index (χ2n) is 5.43. The van der Waals surface area contributed by atoms with Crippen LogP contribution in [0.1, 0.15) is 25.0 Å². The van der Waals surface area contributed by atoms with Gasteiger partial charge in [0.05, 0.1) is 0 Å². The first-order valence-electron chi connectivity index (χ1n) is 7.10. The molecule has 5 heteroatoms. The molecule has 1 fully saturated rings. The van der Waals surface area contributed by atoms with E-state index in [2.05, 4.69) is 23.6 Å². The SMILES string of the molecule is CCN1CCN(Cc2ccc(F)cc2C(=N)N)CC1C. The van der Waals surface area contributed by atoms with E-state index < -0.39 is 0 Å². The van der Waals surface area contributed by atoms with Crippen molar-refractivity contribution in [3.63, 3.8) is 0 Å². The third-order valence-electron chi connectivity index (χ3n) is 4.01. The van der Waals surface area contributed by atoms with Crippen molar-refractivity contribution in [1.29, 1.82) is 5.41 Å². The third kappa shape index (κ3) is 3.35. The maximum atomic E-state index is 13.3. The number of hydrogen-bond acceptors (Lipinski definition) is 3. The molecule has 0 bridgehead atoms. The molecule has 1 aliphatic rings. The van der Waals surface area contributed by atoms with Crippen LogP contribution in [0.15, 0.2) is 18.2 Å². The molecule has 3 N–H and O–H groups in total. The fourth-order valence-electron chi connectivity index (χ4n) is 2.86. The summed E-state index contributed by atoms with van der Waals surface area (Å²) in [5, 5.41) is 7.58. The van der Waals surface area contributed by atoms with Crippen molar-refractivity contribution >= 4 is 5.84 Å². The van der Waals surface area contributed by atoms with Gasteiger partial charge in [0.15, 0.2) is 0 Å². The Kier molecular flexibility index (Phi) is 4.73. The molecule has 110 valence electrons. The maximum absolute atomic E-state index is 13.3. The highest BCUT2D eigenvalue weighted by Crippen LogP contribution is 2.16. The van der Waals surface area contributed by atoms with Crippen LogP contribution >= 0.6 is 0 Å². The van der Waals surface area contributed by atoms with Crippen molar-refractivity contribution in [2.45, 2.75) is 26.4 Å². The summed E-state index contributed by atoms with van der Waals surface area (Å²) in [6.07, 6.45) is 0. The van der Waals surface area contributed by atoms with E-state index in [1.807, 2.05) is 0 Å². The molecule has 1 unspecified atom stereocenters. The first-order valence-corrected chi connectivity index (χ1v) is 7.10. The molecule has 0 amide bonds. The maximum Gasteiger partial charge on any atom is 0.123 e. The summed E-state index contributed by atoms with van der Waals surface area (Å²) >= 11 is 0. The molecule has 0 radical (unpaired) electrons. The highest BCUT2D eigenvalue weighted by atomic mass is 19.1. The van der Waals surface area contributed by atoms with Gasteiger partial charge in [0.25, 0.3) is 0 Å². The lowest BCUT2D eigenvalue weighted by molar-refractivity contribution is 0.0834. The van der Waals surface area contributed by atoms with Crippen molar-refractivity contribution in [2.75, 3.05) is 26.2 Å². The minimum atomic E-state index is -0.344. The molecule has 0 spiro atoms. The summed E-state index contributed by atoms with van der Waals surface area (Å²) in [7, 11) is 0. The highest BCUT2D eigenvalue weighted by Gasteiger charge is 2.23. The molecule has 1 atom stereocenters. The standard InChI is InChI=1S/C15H23FN4/c1-3-20-7-6-19(9-11(20)2)10-12-4-5-13(16)8-14(12)15(17)18/h4-5,8,11H,3,6-7,9-10H2,1-2H3,(H3,17,18). The minimum Gasteiger partial charge on any atom is -0.384 e. The molecular formula is C15H23FN4. The number of nitrogens with zero attached hydrogens (tertiary/aromatic N) is 2. The Balaban J connectivity index is 2.09. The van der Waals surface area contributed by atoms with Gasteiger partial charge in [-0.2, -0.15) is 0 Å². The molecule has 0 saturated carbocycles. The van der Waals surface area contributed by atoms with Crippen LogP contribution in [-0.4, -0.2) is 47.9 Å². The summed E-state index contributed by atoms with van der Waals surface area (Å²) in [5.41, 5.74) is 6.99. The largest absolute Gasteiger partial charge is 0.384 e. The zero-order valence-corrected chi connectivity index (χ0v) is 12.2. The van der Waals surface area contributed by atoms with Crippen LogP contribution in [0.2, 0.25) is 0 Å². The van der Waals surface area contributed by atoms with E-state index in [-0.39, 0.29) is 11.7 Å². The van der Waals surface area contributed by atoms with Gasteiger partial charge in [0.1, 0.15) is 11.7 Å². The second-order valence-corrected chi connectivity index (χ2v) is 5.43. The van der Waals surface area contributed by atoms with Crippen LogP contribution in [0.5, 0.6) is 0 Å². The quantitative estimate of drug-likeness (QED) is 0.650. The zero-order valence-electron chi connectivity index (χ0n) is 12.2. The smallest absolute Gasteiger partial charge is 0.123 e. The molecule has 1 heterocycles. The minimum absolute atomic E-state index is 0.0697. The predicted octanol–water partition coefficient (Wildman–Crippen LogP) is 1.64. The van der Waals surface area contributed by atoms with Gasteiger partial charge in [-0.05, 0) is 31.2 Å². The molecule has 4 nitrogen and oxygen atoms in total. The lowest BCUT2D eigenvalue weighted by Crippen LogP contribution is -2.51. The van der Waals surface area contributed by atoms with Gasteiger partial charge in [-0.25, -0.2) is 4.39 Å². The monoisotopic (exact) mass is 278 g/mol. The molecule has 0 aliphatic carbocycles. The summed E-state index contributed by atoms with van der Waals surface area (Å²) in [6.45, 7) is 9.23. The molecule has 1 aliphatic heterocycles. The van der Waals surface area contributed by atoms with Gasteiger partial charge in [-0.15, -0.1) is 0 Å². The zero-order chi connectivity index (χ0) is 14.7. The normalized spacial score (nSPS) is 21.1. The average Bonchev–Trinajstić information content (AvgIpc) is 2.41.